The molecule has 1 aliphatic carbocycles. The zero-order valence-electron chi connectivity index (χ0n) is 12.3. The normalized spacial score (nSPS) is 27.1. The highest BCUT2D eigenvalue weighted by molar-refractivity contribution is 5.55. The highest BCUT2D eigenvalue weighted by Gasteiger charge is 2.40. The quantitative estimate of drug-likeness (QED) is 0.900. The van der Waals surface area contributed by atoms with E-state index in [1.54, 1.807) is 7.11 Å². The highest BCUT2D eigenvalue weighted by atomic mass is 16.7. The van der Waals surface area contributed by atoms with Crippen molar-refractivity contribution in [2.45, 2.75) is 38.0 Å². The molecule has 0 spiro atoms. The van der Waals surface area contributed by atoms with E-state index in [4.69, 9.17) is 18.9 Å². The van der Waals surface area contributed by atoms with Crippen LogP contribution in [-0.4, -0.2) is 32.7 Å². The molecule has 0 bridgehead atoms. The van der Waals surface area contributed by atoms with Crippen LogP contribution in [0.25, 0.3) is 0 Å². The van der Waals surface area contributed by atoms with Gasteiger partial charge in [0.1, 0.15) is 0 Å². The molecule has 3 aliphatic rings. The van der Waals surface area contributed by atoms with E-state index in [-0.39, 0.29) is 6.79 Å². The van der Waals surface area contributed by atoms with Crippen LogP contribution in [0.5, 0.6) is 17.2 Å². The lowest BCUT2D eigenvalue weighted by Crippen LogP contribution is -2.37. The van der Waals surface area contributed by atoms with Crippen molar-refractivity contribution >= 4 is 0 Å². The van der Waals surface area contributed by atoms with Crippen molar-refractivity contribution in [3.63, 3.8) is 0 Å². The zero-order valence-corrected chi connectivity index (χ0v) is 12.3. The third-order valence-corrected chi connectivity index (χ3v) is 4.51. The molecule has 2 aliphatic heterocycles. The van der Waals surface area contributed by atoms with Crippen LogP contribution in [0.2, 0.25) is 0 Å². The maximum Gasteiger partial charge on any atom is 0.231 e. The standard InChI is InChI=1S/C16H21NO4/c1-18-13-6-10(7-14-16(13)21-9-20-14)8-17-12-4-5-19-15(12)11-2-3-11/h6-7,11-12,15,17H,2-5,8-9H2,1H3. The van der Waals surface area contributed by atoms with E-state index in [9.17, 15) is 0 Å². The van der Waals surface area contributed by atoms with E-state index in [0.717, 1.165) is 42.6 Å². The molecule has 0 amide bonds. The van der Waals surface area contributed by atoms with Gasteiger partial charge in [-0.3, -0.25) is 0 Å². The Balaban J connectivity index is 1.45. The second-order valence-corrected chi connectivity index (χ2v) is 5.98. The molecule has 21 heavy (non-hydrogen) atoms. The number of nitrogens with one attached hydrogen (secondary N) is 1. The second-order valence-electron chi connectivity index (χ2n) is 5.98. The first-order chi connectivity index (χ1) is 10.3. The van der Waals surface area contributed by atoms with Gasteiger partial charge in [0, 0.05) is 19.2 Å². The largest absolute Gasteiger partial charge is 0.493 e. The summed E-state index contributed by atoms with van der Waals surface area (Å²) in [6.07, 6.45) is 4.14. The fraction of sp³-hybridized carbons (Fsp3) is 0.625. The molecule has 5 nitrogen and oxygen atoms in total. The minimum atomic E-state index is 0.267. The van der Waals surface area contributed by atoms with Gasteiger partial charge in [-0.15, -0.1) is 0 Å². The third kappa shape index (κ3) is 2.56. The van der Waals surface area contributed by atoms with E-state index < -0.39 is 0 Å². The molecule has 2 heterocycles. The minimum absolute atomic E-state index is 0.267. The first-order valence-electron chi connectivity index (χ1n) is 7.66. The van der Waals surface area contributed by atoms with Gasteiger partial charge in [0.2, 0.25) is 12.5 Å². The lowest BCUT2D eigenvalue weighted by molar-refractivity contribution is 0.0809. The van der Waals surface area contributed by atoms with Gasteiger partial charge in [-0.2, -0.15) is 0 Å². The Labute approximate surface area is 124 Å². The van der Waals surface area contributed by atoms with Crippen LogP contribution < -0.4 is 19.5 Å². The predicted molar refractivity (Wildman–Crippen MR) is 76.8 cm³/mol. The molecule has 2 atom stereocenters. The van der Waals surface area contributed by atoms with Gasteiger partial charge in [0.05, 0.1) is 13.2 Å². The van der Waals surface area contributed by atoms with Gasteiger partial charge in [0.15, 0.2) is 11.5 Å². The summed E-state index contributed by atoms with van der Waals surface area (Å²) in [6.45, 7) is 1.94. The molecule has 2 unspecified atom stereocenters. The maximum absolute atomic E-state index is 5.86. The van der Waals surface area contributed by atoms with Crippen molar-refractivity contribution in [1.29, 1.82) is 0 Å². The van der Waals surface area contributed by atoms with Gasteiger partial charge in [0.25, 0.3) is 0 Å². The van der Waals surface area contributed by atoms with E-state index in [1.807, 2.05) is 12.1 Å². The summed E-state index contributed by atoms with van der Waals surface area (Å²) in [5.41, 5.74) is 1.15. The first-order valence-corrected chi connectivity index (χ1v) is 7.66. The Morgan fingerprint density at radius 1 is 1.24 bits per heavy atom. The molecule has 4 rings (SSSR count). The van der Waals surface area contributed by atoms with Crippen LogP contribution in [0.4, 0.5) is 0 Å². The molecule has 114 valence electrons. The van der Waals surface area contributed by atoms with Gasteiger partial charge >= 0.3 is 0 Å². The van der Waals surface area contributed by atoms with Crippen LogP contribution in [0.3, 0.4) is 0 Å². The van der Waals surface area contributed by atoms with E-state index in [0.29, 0.717) is 17.9 Å². The molecule has 1 N–H and O–H groups in total. The van der Waals surface area contributed by atoms with Crippen LogP contribution >= 0.6 is 0 Å². The number of rotatable bonds is 5. The van der Waals surface area contributed by atoms with Crippen molar-refractivity contribution in [3.8, 4) is 17.2 Å². The molecule has 1 saturated heterocycles. The number of fused-ring (bicyclic) bond motifs is 1. The van der Waals surface area contributed by atoms with Crippen molar-refractivity contribution in [3.05, 3.63) is 17.7 Å². The van der Waals surface area contributed by atoms with Crippen molar-refractivity contribution in [2.75, 3.05) is 20.5 Å². The Morgan fingerprint density at radius 2 is 2.14 bits per heavy atom. The number of methoxy groups -OCH3 is 1. The van der Waals surface area contributed by atoms with Crippen LogP contribution in [0.1, 0.15) is 24.8 Å². The fourth-order valence-corrected chi connectivity index (χ4v) is 3.25. The summed E-state index contributed by atoms with van der Waals surface area (Å²) in [5.74, 6) is 2.99. The van der Waals surface area contributed by atoms with Crippen molar-refractivity contribution in [2.24, 2.45) is 5.92 Å². The summed E-state index contributed by atoms with van der Waals surface area (Å²) in [4.78, 5) is 0. The molecule has 0 aromatic heterocycles. The topological polar surface area (TPSA) is 49.0 Å². The van der Waals surface area contributed by atoms with Crippen LogP contribution in [0, 0.1) is 5.92 Å². The van der Waals surface area contributed by atoms with E-state index in [2.05, 4.69) is 5.32 Å². The van der Waals surface area contributed by atoms with Crippen LogP contribution in [-0.2, 0) is 11.3 Å². The van der Waals surface area contributed by atoms with Crippen molar-refractivity contribution in [1.82, 2.24) is 5.32 Å². The average molecular weight is 291 g/mol. The van der Waals surface area contributed by atoms with Gasteiger partial charge < -0.3 is 24.3 Å². The summed E-state index contributed by atoms with van der Waals surface area (Å²) in [6, 6.07) is 4.51. The molecular formula is C16H21NO4. The monoisotopic (exact) mass is 291 g/mol. The Hall–Kier alpha value is -1.46. The fourth-order valence-electron chi connectivity index (χ4n) is 3.25. The highest BCUT2D eigenvalue weighted by Crippen LogP contribution is 2.42. The molecule has 0 radical (unpaired) electrons. The van der Waals surface area contributed by atoms with Crippen LogP contribution in [0.15, 0.2) is 12.1 Å². The van der Waals surface area contributed by atoms with E-state index in [1.165, 1.54) is 12.8 Å². The molecule has 1 aromatic carbocycles. The summed E-state index contributed by atoms with van der Waals surface area (Å²) < 4.78 is 22.1. The van der Waals surface area contributed by atoms with E-state index >= 15 is 0 Å². The summed E-state index contributed by atoms with van der Waals surface area (Å²) in [7, 11) is 1.66. The number of benzene rings is 1. The third-order valence-electron chi connectivity index (χ3n) is 4.51. The lowest BCUT2D eigenvalue weighted by atomic mass is 10.1. The Bertz CT molecular complexity index is 529. The lowest BCUT2D eigenvalue weighted by Gasteiger charge is -2.19. The predicted octanol–water partition coefficient (Wildman–Crippen LogP) is 2.08. The number of hydrogen-bond donors (Lipinski definition) is 1. The molecule has 1 saturated carbocycles. The second kappa shape index (κ2) is 5.39. The SMILES string of the molecule is COc1cc(CNC2CCOC2C2CC2)cc2c1OCO2. The maximum atomic E-state index is 5.86. The van der Waals surface area contributed by atoms with Gasteiger partial charge in [-0.05, 0) is 42.9 Å². The molecular weight excluding hydrogens is 270 g/mol. The van der Waals surface area contributed by atoms with Crippen molar-refractivity contribution < 1.29 is 18.9 Å². The summed E-state index contributed by atoms with van der Waals surface area (Å²) in [5, 5.41) is 3.63. The first kappa shape index (κ1) is 13.2. The molecule has 1 aromatic rings. The zero-order chi connectivity index (χ0) is 14.2. The number of hydrogen-bond acceptors (Lipinski definition) is 5. The Kier molecular flexibility index (Phi) is 3.39. The Morgan fingerprint density at radius 3 is 2.95 bits per heavy atom. The van der Waals surface area contributed by atoms with Gasteiger partial charge in [-0.25, -0.2) is 0 Å². The number of ether oxygens (including phenoxy) is 4. The average Bonchev–Trinajstić information content (AvgIpc) is 3.06. The molecule has 5 heteroatoms. The smallest absolute Gasteiger partial charge is 0.231 e. The summed E-state index contributed by atoms with van der Waals surface area (Å²) >= 11 is 0. The van der Waals surface area contributed by atoms with Gasteiger partial charge in [-0.1, -0.05) is 0 Å². The minimum Gasteiger partial charge on any atom is -0.493 e. The molecule has 2 fully saturated rings.